The van der Waals surface area contributed by atoms with Crippen LogP contribution >= 0.6 is 0 Å². The Morgan fingerprint density at radius 1 is 0.913 bits per heavy atom. The van der Waals surface area contributed by atoms with Crippen molar-refractivity contribution in [3.8, 4) is 5.75 Å². The predicted molar refractivity (Wildman–Crippen MR) is 85.7 cm³/mol. The maximum absolute atomic E-state index is 14.9. The zero-order chi connectivity index (χ0) is 16.1. The minimum absolute atomic E-state index is 0.0839. The molecule has 1 N–H and O–H groups in total. The number of fused-ring (bicyclic) bond motifs is 3. The fourth-order valence-electron chi connectivity index (χ4n) is 3.73. The quantitative estimate of drug-likeness (QED) is 0.609. The average molecular weight is 316 g/mol. The van der Waals surface area contributed by atoms with Crippen molar-refractivity contribution in [3.05, 3.63) is 41.5 Å². The van der Waals surface area contributed by atoms with Crippen LogP contribution in [0.2, 0.25) is 0 Å². The lowest BCUT2D eigenvalue weighted by molar-refractivity contribution is 0.342. The Morgan fingerprint density at radius 3 is 2.22 bits per heavy atom. The largest absolute Gasteiger partial charge is 0.505 e. The minimum Gasteiger partial charge on any atom is -0.505 e. The van der Waals surface area contributed by atoms with Gasteiger partial charge in [0.25, 0.3) is 0 Å². The van der Waals surface area contributed by atoms with Gasteiger partial charge in [-0.25, -0.2) is 4.39 Å². The van der Waals surface area contributed by atoms with E-state index in [2.05, 4.69) is 6.92 Å². The molecule has 4 rings (SSSR count). The Hall–Kier alpha value is -2.10. The van der Waals surface area contributed by atoms with Gasteiger partial charge >= 0.3 is 0 Å². The molecule has 0 spiro atoms. The number of halogens is 2. The van der Waals surface area contributed by atoms with Gasteiger partial charge in [0.05, 0.1) is 0 Å². The molecule has 0 unspecified atom stereocenters. The maximum atomic E-state index is 14.9. The third-order valence-corrected chi connectivity index (χ3v) is 5.15. The smallest absolute Gasteiger partial charge is 0.207 e. The van der Waals surface area contributed by atoms with Gasteiger partial charge in [-0.2, -0.15) is 4.39 Å². The van der Waals surface area contributed by atoms with Gasteiger partial charge in [-0.3, -0.25) is 0 Å². The molecule has 1 fully saturated rings. The molecule has 0 saturated heterocycles. The second kappa shape index (κ2) is 5.22. The predicted octanol–water partition coefficient (Wildman–Crippen LogP) is 5.86. The lowest BCUT2D eigenvalue weighted by Crippen LogP contribution is -2.12. The fraction of sp³-hybridized carbons (Fsp3) is 0.368. The highest BCUT2D eigenvalue weighted by molar-refractivity contribution is 6.05. The summed E-state index contributed by atoms with van der Waals surface area (Å²) in [5.41, 5.74) is 0.655. The first-order chi connectivity index (χ1) is 11.1. The molecule has 2 nitrogen and oxygen atoms in total. The van der Waals surface area contributed by atoms with Crippen molar-refractivity contribution in [3.63, 3.8) is 0 Å². The molecule has 0 aliphatic heterocycles. The first-order valence-electron chi connectivity index (χ1n) is 8.08. The lowest BCUT2D eigenvalue weighted by atomic mass is 9.79. The van der Waals surface area contributed by atoms with E-state index in [0.717, 1.165) is 25.7 Å². The highest BCUT2D eigenvalue weighted by Gasteiger charge is 2.25. The van der Waals surface area contributed by atoms with Crippen LogP contribution < -0.4 is 0 Å². The number of benzene rings is 2. The second-order valence-corrected chi connectivity index (χ2v) is 6.68. The Balaban J connectivity index is 1.88. The molecule has 0 bridgehead atoms. The van der Waals surface area contributed by atoms with Crippen LogP contribution in [-0.2, 0) is 0 Å². The van der Waals surface area contributed by atoms with Gasteiger partial charge in [-0.1, -0.05) is 25.8 Å². The molecule has 1 heterocycles. The second-order valence-electron chi connectivity index (χ2n) is 6.68. The SMILES string of the molecule is CC1CCC(c2ccc3c(oc4c(F)c(O)ccc43)c2F)CC1. The van der Waals surface area contributed by atoms with E-state index in [0.29, 0.717) is 22.3 Å². The van der Waals surface area contributed by atoms with Gasteiger partial charge in [0.15, 0.2) is 22.7 Å². The molecule has 1 aromatic heterocycles. The van der Waals surface area contributed by atoms with Crippen LogP contribution in [0.3, 0.4) is 0 Å². The van der Waals surface area contributed by atoms with Crippen LogP contribution in [0.1, 0.15) is 44.1 Å². The van der Waals surface area contributed by atoms with Crippen LogP contribution in [0.25, 0.3) is 21.9 Å². The Labute approximate surface area is 132 Å². The highest BCUT2D eigenvalue weighted by atomic mass is 19.1. The molecular weight excluding hydrogens is 298 g/mol. The molecule has 1 aliphatic carbocycles. The first-order valence-corrected chi connectivity index (χ1v) is 8.08. The monoisotopic (exact) mass is 316 g/mol. The van der Waals surface area contributed by atoms with Gasteiger partial charge in [0, 0.05) is 10.8 Å². The van der Waals surface area contributed by atoms with Crippen molar-refractivity contribution in [1.29, 1.82) is 0 Å². The van der Waals surface area contributed by atoms with Gasteiger partial charge in [0.2, 0.25) is 5.82 Å². The van der Waals surface area contributed by atoms with Gasteiger partial charge in [0.1, 0.15) is 0 Å². The molecule has 23 heavy (non-hydrogen) atoms. The van der Waals surface area contributed by atoms with Crippen molar-refractivity contribution in [2.45, 2.75) is 38.5 Å². The number of rotatable bonds is 1. The number of hydrogen-bond acceptors (Lipinski definition) is 2. The molecule has 120 valence electrons. The van der Waals surface area contributed by atoms with E-state index in [1.54, 1.807) is 18.2 Å². The third-order valence-electron chi connectivity index (χ3n) is 5.15. The number of hydrogen-bond donors (Lipinski definition) is 1. The number of aromatic hydroxyl groups is 1. The maximum Gasteiger partial charge on any atom is 0.207 e. The summed E-state index contributed by atoms with van der Waals surface area (Å²) >= 11 is 0. The van der Waals surface area contributed by atoms with E-state index in [1.165, 1.54) is 6.07 Å². The summed E-state index contributed by atoms with van der Waals surface area (Å²) in [6.07, 6.45) is 4.15. The van der Waals surface area contributed by atoms with Gasteiger partial charge < -0.3 is 9.52 Å². The van der Waals surface area contributed by atoms with Crippen molar-refractivity contribution >= 4 is 21.9 Å². The van der Waals surface area contributed by atoms with E-state index in [4.69, 9.17) is 4.42 Å². The molecule has 0 radical (unpaired) electrons. The first kappa shape index (κ1) is 14.5. The number of furan rings is 1. The molecular formula is C19H18F2O2. The summed E-state index contributed by atoms with van der Waals surface area (Å²) in [6, 6.07) is 6.42. The molecule has 1 saturated carbocycles. The van der Waals surface area contributed by atoms with Crippen LogP contribution in [0, 0.1) is 17.6 Å². The Kier molecular flexibility index (Phi) is 3.29. The summed E-state index contributed by atoms with van der Waals surface area (Å²) in [5, 5.41) is 10.5. The van der Waals surface area contributed by atoms with Crippen molar-refractivity contribution in [2.75, 3.05) is 0 Å². The summed E-state index contributed by atoms with van der Waals surface area (Å²) in [6.45, 7) is 2.23. The van der Waals surface area contributed by atoms with Crippen LogP contribution in [-0.4, -0.2) is 5.11 Å². The molecule has 2 aromatic carbocycles. The van der Waals surface area contributed by atoms with E-state index < -0.39 is 17.4 Å². The third kappa shape index (κ3) is 2.19. The number of phenolic OH excluding ortho intramolecular Hbond substituents is 1. The fourth-order valence-corrected chi connectivity index (χ4v) is 3.73. The van der Waals surface area contributed by atoms with Crippen molar-refractivity contribution in [1.82, 2.24) is 0 Å². The minimum atomic E-state index is -0.842. The number of phenols is 1. The van der Waals surface area contributed by atoms with Gasteiger partial charge in [-0.15, -0.1) is 0 Å². The van der Waals surface area contributed by atoms with Crippen molar-refractivity contribution < 1.29 is 18.3 Å². The Bertz CT molecular complexity index is 889. The lowest BCUT2D eigenvalue weighted by Gasteiger charge is -2.26. The van der Waals surface area contributed by atoms with E-state index in [1.807, 2.05) is 0 Å². The molecule has 0 atom stereocenters. The van der Waals surface area contributed by atoms with E-state index in [9.17, 15) is 13.9 Å². The molecule has 1 aliphatic rings. The molecule has 0 amide bonds. The van der Waals surface area contributed by atoms with E-state index in [-0.39, 0.29) is 17.1 Å². The summed E-state index contributed by atoms with van der Waals surface area (Å²) in [4.78, 5) is 0. The Morgan fingerprint density at radius 2 is 1.52 bits per heavy atom. The van der Waals surface area contributed by atoms with Crippen LogP contribution in [0.15, 0.2) is 28.7 Å². The van der Waals surface area contributed by atoms with Crippen molar-refractivity contribution in [2.24, 2.45) is 5.92 Å². The van der Waals surface area contributed by atoms with E-state index >= 15 is 0 Å². The zero-order valence-corrected chi connectivity index (χ0v) is 12.9. The molecule has 4 heteroatoms. The average Bonchev–Trinajstić information content (AvgIpc) is 2.93. The summed E-state index contributed by atoms with van der Waals surface area (Å²) in [5.74, 6) is -0.829. The zero-order valence-electron chi connectivity index (χ0n) is 12.9. The van der Waals surface area contributed by atoms with Gasteiger partial charge in [-0.05, 0) is 48.4 Å². The summed E-state index contributed by atoms with van der Waals surface area (Å²) in [7, 11) is 0. The normalized spacial score (nSPS) is 22.0. The summed E-state index contributed by atoms with van der Waals surface area (Å²) < 4.78 is 34.4. The van der Waals surface area contributed by atoms with Crippen LogP contribution in [0.5, 0.6) is 5.75 Å². The topological polar surface area (TPSA) is 33.4 Å². The molecule has 3 aromatic rings. The van der Waals surface area contributed by atoms with Crippen LogP contribution in [0.4, 0.5) is 8.78 Å². The highest BCUT2D eigenvalue weighted by Crippen LogP contribution is 2.41. The standard InChI is InChI=1S/C19H18F2O2/c1-10-2-4-11(5-3-10)12-6-7-13-14-8-9-15(22)17(21)19(14)23-18(13)16(12)20/h6-11,22H,2-5H2,1H3.